The van der Waals surface area contributed by atoms with Gasteiger partial charge in [-0.25, -0.2) is 0 Å². The highest BCUT2D eigenvalue weighted by molar-refractivity contribution is 6.61. The van der Waals surface area contributed by atoms with Crippen molar-refractivity contribution in [1.29, 1.82) is 0 Å². The van der Waals surface area contributed by atoms with E-state index in [1.165, 1.54) is 0 Å². The minimum atomic E-state index is -0.983. The van der Waals surface area contributed by atoms with Crippen molar-refractivity contribution in [1.82, 2.24) is 0 Å². The van der Waals surface area contributed by atoms with Gasteiger partial charge in [0.2, 0.25) is 0 Å². The third-order valence-corrected chi connectivity index (χ3v) is 4.63. The Morgan fingerprint density at radius 2 is 1.89 bits per heavy atom. The highest BCUT2D eigenvalue weighted by Gasteiger charge is 2.28. The molecule has 0 atom stereocenters. The highest BCUT2D eigenvalue weighted by atomic mass is 16.5. The van der Waals surface area contributed by atoms with Crippen LogP contribution in [0.1, 0.15) is 15.9 Å². The highest BCUT2D eigenvalue weighted by Crippen LogP contribution is 2.31. The van der Waals surface area contributed by atoms with Crippen LogP contribution in [0.2, 0.25) is 0 Å². The van der Waals surface area contributed by atoms with Gasteiger partial charge in [0.05, 0.1) is 19.4 Å². The number of anilines is 1. The molecular formula is C21H18BNO4. The van der Waals surface area contributed by atoms with Gasteiger partial charge in [-0.1, -0.05) is 42.5 Å². The van der Waals surface area contributed by atoms with E-state index in [2.05, 4.69) is 5.32 Å². The summed E-state index contributed by atoms with van der Waals surface area (Å²) in [5.41, 5.74) is 4.58. The van der Waals surface area contributed by atoms with Crippen LogP contribution in [0, 0.1) is 0 Å². The molecule has 27 heavy (non-hydrogen) atoms. The van der Waals surface area contributed by atoms with E-state index < -0.39 is 7.12 Å². The van der Waals surface area contributed by atoms with E-state index in [-0.39, 0.29) is 5.91 Å². The summed E-state index contributed by atoms with van der Waals surface area (Å²) in [7, 11) is 0.583. The molecular weight excluding hydrogens is 341 g/mol. The van der Waals surface area contributed by atoms with Crippen LogP contribution in [-0.4, -0.2) is 25.2 Å². The van der Waals surface area contributed by atoms with Gasteiger partial charge in [-0.2, -0.15) is 0 Å². The maximum absolute atomic E-state index is 12.7. The van der Waals surface area contributed by atoms with E-state index in [0.717, 1.165) is 16.7 Å². The van der Waals surface area contributed by atoms with Crippen LogP contribution in [0.15, 0.2) is 66.7 Å². The second-order valence-corrected chi connectivity index (χ2v) is 6.31. The summed E-state index contributed by atoms with van der Waals surface area (Å²) >= 11 is 0. The molecule has 3 aromatic rings. The molecule has 0 fully saturated rings. The number of hydrogen-bond donors (Lipinski definition) is 2. The molecule has 1 heterocycles. The molecule has 0 saturated heterocycles. The predicted octanol–water partition coefficient (Wildman–Crippen LogP) is 2.83. The first-order valence-corrected chi connectivity index (χ1v) is 8.63. The summed E-state index contributed by atoms with van der Waals surface area (Å²) in [6.07, 6.45) is 0. The summed E-state index contributed by atoms with van der Waals surface area (Å²) in [5.74, 6) is 0.299. The van der Waals surface area contributed by atoms with Crippen molar-refractivity contribution in [2.24, 2.45) is 0 Å². The molecule has 0 aromatic heterocycles. The summed E-state index contributed by atoms with van der Waals surface area (Å²) < 4.78 is 10.6. The predicted molar refractivity (Wildman–Crippen MR) is 105 cm³/mol. The molecule has 4 rings (SSSR count). The first-order valence-electron chi connectivity index (χ1n) is 8.63. The van der Waals surface area contributed by atoms with Crippen LogP contribution in [0.5, 0.6) is 5.75 Å². The lowest BCUT2D eigenvalue weighted by Gasteiger charge is -2.13. The normalized spacial score (nSPS) is 12.6. The molecule has 6 heteroatoms. The van der Waals surface area contributed by atoms with Crippen LogP contribution in [0.25, 0.3) is 11.1 Å². The van der Waals surface area contributed by atoms with Crippen molar-refractivity contribution in [2.45, 2.75) is 6.61 Å². The van der Waals surface area contributed by atoms with Gasteiger partial charge in [-0.05, 0) is 46.4 Å². The number of amides is 1. The Labute approximate surface area is 157 Å². The molecule has 0 spiro atoms. The van der Waals surface area contributed by atoms with Gasteiger partial charge in [0.25, 0.3) is 5.91 Å². The molecule has 0 bridgehead atoms. The van der Waals surface area contributed by atoms with Gasteiger partial charge in [-0.15, -0.1) is 0 Å². The van der Waals surface area contributed by atoms with Gasteiger partial charge in [0.1, 0.15) is 5.75 Å². The van der Waals surface area contributed by atoms with E-state index in [0.29, 0.717) is 29.1 Å². The fraction of sp³-hybridized carbons (Fsp3) is 0.0952. The Kier molecular flexibility index (Phi) is 4.67. The Hall–Kier alpha value is -3.09. The minimum Gasteiger partial charge on any atom is -0.495 e. The SMILES string of the molecule is COc1ccc(-c2ccccc2)cc1NC(=O)c1ccc2c(c1)B(O)OC2. The van der Waals surface area contributed by atoms with Crippen LogP contribution < -0.4 is 15.5 Å². The third-order valence-electron chi connectivity index (χ3n) is 4.63. The summed E-state index contributed by atoms with van der Waals surface area (Å²) in [6.45, 7) is 0.353. The van der Waals surface area contributed by atoms with Crippen molar-refractivity contribution >= 4 is 24.2 Å². The van der Waals surface area contributed by atoms with Crippen LogP contribution in [-0.2, 0) is 11.3 Å². The lowest BCUT2D eigenvalue weighted by Crippen LogP contribution is -2.29. The third kappa shape index (κ3) is 3.45. The number of nitrogens with one attached hydrogen (secondary N) is 1. The molecule has 1 aliphatic heterocycles. The first kappa shape index (κ1) is 17.3. The largest absolute Gasteiger partial charge is 0.495 e. The molecule has 0 radical (unpaired) electrons. The number of ether oxygens (including phenoxy) is 1. The fourth-order valence-electron chi connectivity index (χ4n) is 3.17. The molecule has 1 amide bonds. The second-order valence-electron chi connectivity index (χ2n) is 6.31. The van der Waals surface area contributed by atoms with Gasteiger partial charge in [0, 0.05) is 5.56 Å². The molecule has 0 unspecified atom stereocenters. The molecule has 2 N–H and O–H groups in total. The second kappa shape index (κ2) is 7.27. The lowest BCUT2D eigenvalue weighted by atomic mass is 9.79. The maximum Gasteiger partial charge on any atom is 0.491 e. The average molecular weight is 359 g/mol. The number of carbonyl (C=O) groups excluding carboxylic acids is 1. The quantitative estimate of drug-likeness (QED) is 0.703. The van der Waals surface area contributed by atoms with Gasteiger partial charge in [0.15, 0.2) is 0 Å². The van der Waals surface area contributed by atoms with Crippen molar-refractivity contribution in [2.75, 3.05) is 12.4 Å². The summed E-state index contributed by atoms with van der Waals surface area (Å²) in [6, 6.07) is 20.8. The zero-order valence-corrected chi connectivity index (χ0v) is 14.8. The Balaban J connectivity index is 1.63. The number of fused-ring (bicyclic) bond motifs is 1. The molecule has 134 valence electrons. The minimum absolute atomic E-state index is 0.277. The lowest BCUT2D eigenvalue weighted by molar-refractivity contribution is 0.102. The Bertz CT molecular complexity index is 991. The van der Waals surface area contributed by atoms with E-state index in [9.17, 15) is 9.82 Å². The summed E-state index contributed by atoms with van der Waals surface area (Å²) in [5, 5.41) is 12.8. The maximum atomic E-state index is 12.7. The number of hydrogen-bond acceptors (Lipinski definition) is 4. The van der Waals surface area contributed by atoms with E-state index in [1.54, 1.807) is 25.3 Å². The number of methoxy groups -OCH3 is 1. The molecule has 1 aliphatic rings. The van der Waals surface area contributed by atoms with Gasteiger partial charge >= 0.3 is 7.12 Å². The van der Waals surface area contributed by atoms with Crippen LogP contribution in [0.4, 0.5) is 5.69 Å². The van der Waals surface area contributed by atoms with E-state index >= 15 is 0 Å². The van der Waals surface area contributed by atoms with Crippen LogP contribution in [0.3, 0.4) is 0 Å². The van der Waals surface area contributed by atoms with Crippen LogP contribution >= 0.6 is 0 Å². The zero-order valence-electron chi connectivity index (χ0n) is 14.8. The first-order chi connectivity index (χ1) is 13.2. The molecule has 0 saturated carbocycles. The standard InChI is InChI=1S/C21H18BNO4/c1-26-20-10-9-15(14-5-3-2-4-6-14)12-19(20)23-21(24)16-7-8-17-13-27-22(25)18(17)11-16/h2-12,25H,13H2,1H3,(H,23,24). The number of benzene rings is 3. The van der Waals surface area contributed by atoms with Gasteiger partial charge in [-0.3, -0.25) is 4.79 Å². The Morgan fingerprint density at radius 1 is 1.07 bits per heavy atom. The zero-order chi connectivity index (χ0) is 18.8. The van der Waals surface area contributed by atoms with E-state index in [4.69, 9.17) is 9.39 Å². The molecule has 3 aromatic carbocycles. The molecule has 5 nitrogen and oxygen atoms in total. The fourth-order valence-corrected chi connectivity index (χ4v) is 3.17. The number of carbonyl (C=O) groups is 1. The monoisotopic (exact) mass is 359 g/mol. The topological polar surface area (TPSA) is 67.8 Å². The van der Waals surface area contributed by atoms with Crippen molar-refractivity contribution < 1.29 is 19.2 Å². The number of rotatable bonds is 4. The van der Waals surface area contributed by atoms with Crippen molar-refractivity contribution in [3.63, 3.8) is 0 Å². The smallest absolute Gasteiger partial charge is 0.491 e. The average Bonchev–Trinajstić information content (AvgIpc) is 3.09. The molecule has 0 aliphatic carbocycles. The van der Waals surface area contributed by atoms with Gasteiger partial charge < -0.3 is 19.7 Å². The van der Waals surface area contributed by atoms with E-state index in [1.807, 2.05) is 48.5 Å². The summed E-state index contributed by atoms with van der Waals surface area (Å²) in [4.78, 5) is 12.7. The Morgan fingerprint density at radius 3 is 2.67 bits per heavy atom. The van der Waals surface area contributed by atoms with Crippen molar-refractivity contribution in [3.05, 3.63) is 77.9 Å². The van der Waals surface area contributed by atoms with Crippen molar-refractivity contribution in [3.8, 4) is 16.9 Å².